The first-order valence-electron chi connectivity index (χ1n) is 10.5. The highest BCUT2D eigenvalue weighted by Crippen LogP contribution is 2.43. The number of anilines is 2. The predicted molar refractivity (Wildman–Crippen MR) is 124 cm³/mol. The van der Waals surface area contributed by atoms with Gasteiger partial charge in [0.2, 0.25) is 0 Å². The molecule has 2 atom stereocenters. The Morgan fingerprint density at radius 3 is 2.50 bits per heavy atom. The average Bonchev–Trinajstić information content (AvgIpc) is 2.71. The Balaban J connectivity index is 1.84. The number of rotatable bonds is 3. The number of hydrogen-bond acceptors (Lipinski definition) is 6. The highest BCUT2D eigenvalue weighted by molar-refractivity contribution is 7.90. The molecule has 0 amide bonds. The molecule has 0 saturated carbocycles. The van der Waals surface area contributed by atoms with E-state index in [-0.39, 0.29) is 33.3 Å². The van der Waals surface area contributed by atoms with Crippen molar-refractivity contribution in [2.75, 3.05) is 11.1 Å². The molecule has 7 nitrogen and oxygen atoms in total. The van der Waals surface area contributed by atoms with E-state index in [2.05, 4.69) is 30.5 Å². The van der Waals surface area contributed by atoms with Gasteiger partial charge in [0, 0.05) is 11.3 Å². The summed E-state index contributed by atoms with van der Waals surface area (Å²) in [5.74, 6) is -2.27. The van der Waals surface area contributed by atoms with Gasteiger partial charge in [0.15, 0.2) is 11.6 Å². The van der Waals surface area contributed by atoms with E-state index in [1.165, 1.54) is 12.1 Å². The molecule has 2 aliphatic rings. The smallest absolute Gasteiger partial charge is 0.286 e. The van der Waals surface area contributed by atoms with E-state index < -0.39 is 27.1 Å². The lowest BCUT2D eigenvalue weighted by Crippen LogP contribution is -2.51. The van der Waals surface area contributed by atoms with Crippen LogP contribution in [0, 0.1) is 11.3 Å². The van der Waals surface area contributed by atoms with Gasteiger partial charge in [-0.15, -0.1) is 4.40 Å². The van der Waals surface area contributed by atoms with E-state index in [4.69, 9.17) is 5.73 Å². The van der Waals surface area contributed by atoms with Gasteiger partial charge in [-0.25, -0.2) is 0 Å². The van der Waals surface area contributed by atoms with Crippen LogP contribution in [-0.2, 0) is 20.2 Å². The van der Waals surface area contributed by atoms with Crippen molar-refractivity contribution in [2.45, 2.75) is 50.8 Å². The van der Waals surface area contributed by atoms with E-state index >= 15 is 0 Å². The Hall–Kier alpha value is -3.00. The number of nitrogens with zero attached hydrogens (tertiary/aromatic N) is 1. The SMILES string of the molecule is CC(C)(C)CC[C@@]1(C)C(=O)C(C2=NS(=O)(=O)c3cc(N)ccc3N2)C(=O)c2ccccc21. The zero-order valence-corrected chi connectivity index (χ0v) is 19.4. The molecule has 0 bridgehead atoms. The zero-order valence-electron chi connectivity index (χ0n) is 18.6. The first-order valence-corrected chi connectivity index (χ1v) is 12.0. The standard InChI is InChI=1S/C24H27N3O4S/c1-23(2,3)11-12-24(4)16-8-6-5-7-15(16)20(28)19(21(24)29)22-26-17-10-9-14(25)13-18(17)32(30,31)27-22/h5-10,13,19H,11-12,25H2,1-4H3,(H,26,27)/t19?,24-/m1/s1. The second-order valence-electron chi connectivity index (χ2n) is 9.93. The zero-order chi connectivity index (χ0) is 23.5. The van der Waals surface area contributed by atoms with Crippen LogP contribution in [0.25, 0.3) is 0 Å². The summed E-state index contributed by atoms with van der Waals surface area (Å²) in [6.07, 6.45) is 1.29. The van der Waals surface area contributed by atoms with Crippen LogP contribution in [0.4, 0.5) is 11.4 Å². The summed E-state index contributed by atoms with van der Waals surface area (Å²) in [7, 11) is -4.12. The minimum Gasteiger partial charge on any atom is -0.399 e. The molecule has 1 aliphatic heterocycles. The third-order valence-electron chi connectivity index (χ3n) is 6.27. The van der Waals surface area contributed by atoms with Gasteiger partial charge in [0.05, 0.1) is 11.1 Å². The molecule has 3 N–H and O–H groups in total. The van der Waals surface area contributed by atoms with Crippen LogP contribution in [0.1, 0.15) is 56.5 Å². The molecule has 8 heteroatoms. The number of carbonyl (C=O) groups is 2. The molecule has 2 aromatic carbocycles. The summed E-state index contributed by atoms with van der Waals surface area (Å²) < 4.78 is 29.5. The number of carbonyl (C=O) groups excluding carboxylic acids is 2. The monoisotopic (exact) mass is 453 g/mol. The first-order chi connectivity index (χ1) is 14.8. The molecule has 32 heavy (non-hydrogen) atoms. The molecule has 0 aromatic heterocycles. The van der Waals surface area contributed by atoms with Gasteiger partial charge in [0.1, 0.15) is 16.6 Å². The van der Waals surface area contributed by atoms with Crippen LogP contribution < -0.4 is 11.1 Å². The van der Waals surface area contributed by atoms with Gasteiger partial charge in [-0.2, -0.15) is 8.42 Å². The number of fused-ring (bicyclic) bond motifs is 2. The summed E-state index contributed by atoms with van der Waals surface area (Å²) >= 11 is 0. The quantitative estimate of drug-likeness (QED) is 0.537. The molecular formula is C24H27N3O4S. The molecule has 4 rings (SSSR count). The van der Waals surface area contributed by atoms with Gasteiger partial charge >= 0.3 is 0 Å². The van der Waals surface area contributed by atoms with E-state index in [1.807, 2.05) is 19.1 Å². The van der Waals surface area contributed by atoms with Crippen molar-refractivity contribution < 1.29 is 18.0 Å². The molecule has 0 saturated heterocycles. The highest BCUT2D eigenvalue weighted by atomic mass is 32.2. The number of hydrogen-bond donors (Lipinski definition) is 2. The number of sulfonamides is 1. The molecule has 1 heterocycles. The third kappa shape index (κ3) is 3.62. The maximum absolute atomic E-state index is 13.9. The number of Topliss-reactive ketones (excluding diaryl/α,β-unsaturated/α-hetero) is 2. The van der Waals surface area contributed by atoms with Crippen LogP contribution in [0.15, 0.2) is 51.8 Å². The molecule has 0 fully saturated rings. The fraction of sp³-hybridized carbons (Fsp3) is 0.375. The number of nitrogens with one attached hydrogen (secondary N) is 1. The molecular weight excluding hydrogens is 426 g/mol. The third-order valence-corrected chi connectivity index (χ3v) is 7.60. The van der Waals surface area contributed by atoms with Crippen LogP contribution >= 0.6 is 0 Å². The minimum absolute atomic E-state index is 0.0159. The molecule has 168 valence electrons. The van der Waals surface area contributed by atoms with Crippen LogP contribution in [0.2, 0.25) is 0 Å². The fourth-order valence-electron chi connectivity index (χ4n) is 4.36. The lowest BCUT2D eigenvalue weighted by molar-refractivity contribution is -0.125. The van der Waals surface area contributed by atoms with Crippen LogP contribution in [0.3, 0.4) is 0 Å². The largest absolute Gasteiger partial charge is 0.399 e. The topological polar surface area (TPSA) is 119 Å². The van der Waals surface area contributed by atoms with Crippen molar-refractivity contribution >= 4 is 38.8 Å². The Morgan fingerprint density at radius 1 is 1.12 bits per heavy atom. The van der Waals surface area contributed by atoms with Crippen LogP contribution in [-0.4, -0.2) is 25.8 Å². The van der Waals surface area contributed by atoms with Crippen molar-refractivity contribution in [3.8, 4) is 0 Å². The number of amidine groups is 1. The Labute approximate surface area is 188 Å². The summed E-state index contributed by atoms with van der Waals surface area (Å²) in [4.78, 5) is 27.2. The summed E-state index contributed by atoms with van der Waals surface area (Å²) in [6.45, 7) is 8.13. The Morgan fingerprint density at radius 2 is 1.81 bits per heavy atom. The average molecular weight is 454 g/mol. The maximum atomic E-state index is 13.9. The molecule has 1 unspecified atom stereocenters. The second kappa shape index (κ2) is 7.27. The van der Waals surface area contributed by atoms with Gasteiger partial charge in [0.25, 0.3) is 10.0 Å². The van der Waals surface area contributed by atoms with Gasteiger partial charge < -0.3 is 11.1 Å². The molecule has 0 radical (unpaired) electrons. The molecule has 2 aromatic rings. The maximum Gasteiger partial charge on any atom is 0.286 e. The number of nitrogens with two attached hydrogens (primary N) is 1. The molecule has 1 aliphatic carbocycles. The highest BCUT2D eigenvalue weighted by Gasteiger charge is 2.51. The van der Waals surface area contributed by atoms with Gasteiger partial charge in [-0.3, -0.25) is 9.59 Å². The Bertz CT molecular complexity index is 1270. The van der Waals surface area contributed by atoms with E-state index in [1.54, 1.807) is 18.2 Å². The van der Waals surface area contributed by atoms with Crippen LogP contribution in [0.5, 0.6) is 0 Å². The Kier molecular flexibility index (Phi) is 5.04. The predicted octanol–water partition coefficient (Wildman–Crippen LogP) is 3.95. The summed E-state index contributed by atoms with van der Waals surface area (Å²) in [5.41, 5.74) is 6.41. The van der Waals surface area contributed by atoms with E-state index in [0.29, 0.717) is 17.5 Å². The summed E-state index contributed by atoms with van der Waals surface area (Å²) in [5, 5.41) is 2.92. The lowest BCUT2D eigenvalue weighted by Gasteiger charge is -2.39. The first kappa shape index (κ1) is 22.2. The van der Waals surface area contributed by atoms with Crippen molar-refractivity contribution in [1.29, 1.82) is 0 Å². The number of ketones is 2. The number of nitrogen functional groups attached to an aromatic ring is 1. The van der Waals surface area contributed by atoms with Crippen molar-refractivity contribution in [3.63, 3.8) is 0 Å². The van der Waals surface area contributed by atoms with Gasteiger partial charge in [-0.05, 0) is 48.9 Å². The van der Waals surface area contributed by atoms with Crippen molar-refractivity contribution in [2.24, 2.45) is 15.7 Å². The minimum atomic E-state index is -4.12. The molecule has 0 spiro atoms. The normalized spacial score (nSPS) is 24.2. The van der Waals surface area contributed by atoms with E-state index in [0.717, 1.165) is 6.42 Å². The fourth-order valence-corrected chi connectivity index (χ4v) is 5.55. The van der Waals surface area contributed by atoms with Crippen molar-refractivity contribution in [3.05, 3.63) is 53.6 Å². The summed E-state index contributed by atoms with van der Waals surface area (Å²) in [6, 6.07) is 11.5. The number of benzene rings is 2. The second-order valence-corrected chi connectivity index (χ2v) is 11.5. The van der Waals surface area contributed by atoms with E-state index in [9.17, 15) is 18.0 Å². The van der Waals surface area contributed by atoms with Crippen molar-refractivity contribution in [1.82, 2.24) is 0 Å². The van der Waals surface area contributed by atoms with Gasteiger partial charge in [-0.1, -0.05) is 45.0 Å². The lowest BCUT2D eigenvalue weighted by atomic mass is 9.62.